The van der Waals surface area contributed by atoms with Crippen molar-refractivity contribution in [2.24, 2.45) is 0 Å². The molecule has 29 heavy (non-hydrogen) atoms. The molecule has 1 aliphatic heterocycles. The number of benzene rings is 2. The van der Waals surface area contributed by atoms with Crippen LogP contribution in [-0.4, -0.2) is 63.9 Å². The van der Waals surface area contributed by atoms with Crippen molar-refractivity contribution in [2.45, 2.75) is 11.8 Å². The normalized spacial score (nSPS) is 15.2. The van der Waals surface area contributed by atoms with Gasteiger partial charge in [-0.25, -0.2) is 8.42 Å². The monoisotopic (exact) mass is 482 g/mol. The summed E-state index contributed by atoms with van der Waals surface area (Å²) < 4.78 is 38.3. The summed E-state index contributed by atoms with van der Waals surface area (Å²) in [6, 6.07) is 10.1. The third-order valence-corrected chi connectivity index (χ3v) is 7.57. The summed E-state index contributed by atoms with van der Waals surface area (Å²) in [5, 5.41) is 0. The molecule has 0 bridgehead atoms. The van der Waals surface area contributed by atoms with E-state index in [9.17, 15) is 13.2 Å². The fourth-order valence-electron chi connectivity index (χ4n) is 3.17. The Balaban J connectivity index is 1.74. The molecule has 156 valence electrons. The van der Waals surface area contributed by atoms with Crippen LogP contribution >= 0.6 is 15.9 Å². The average Bonchev–Trinajstić information content (AvgIpc) is 2.73. The van der Waals surface area contributed by atoms with Gasteiger partial charge in [-0.05, 0) is 47.1 Å². The second-order valence-corrected chi connectivity index (χ2v) is 9.44. The minimum absolute atomic E-state index is 0.193. The van der Waals surface area contributed by atoms with Crippen molar-refractivity contribution in [3.63, 3.8) is 0 Å². The number of halogens is 1. The van der Waals surface area contributed by atoms with Crippen LogP contribution in [0.3, 0.4) is 0 Å². The van der Waals surface area contributed by atoms with Gasteiger partial charge < -0.3 is 14.4 Å². The minimum atomic E-state index is -3.57. The zero-order valence-corrected chi connectivity index (χ0v) is 18.9. The summed E-state index contributed by atoms with van der Waals surface area (Å²) in [7, 11) is -0.538. The fourth-order valence-corrected chi connectivity index (χ4v) is 5.14. The summed E-state index contributed by atoms with van der Waals surface area (Å²) in [5.41, 5.74) is 1.43. The van der Waals surface area contributed by atoms with Crippen molar-refractivity contribution >= 4 is 31.9 Å². The minimum Gasteiger partial charge on any atom is -0.495 e. The molecule has 0 aromatic heterocycles. The molecule has 1 aliphatic rings. The number of sulfonamides is 1. The topological polar surface area (TPSA) is 76.2 Å². The number of ether oxygens (including phenoxy) is 2. The lowest BCUT2D eigenvalue weighted by atomic mass is 10.1. The van der Waals surface area contributed by atoms with Gasteiger partial charge in [0.1, 0.15) is 16.0 Å². The van der Waals surface area contributed by atoms with E-state index >= 15 is 0 Å². The lowest BCUT2D eigenvalue weighted by molar-refractivity contribution is 0.0697. The Labute approximate surface area is 179 Å². The van der Waals surface area contributed by atoms with E-state index in [1.165, 1.54) is 18.5 Å². The molecule has 0 unspecified atom stereocenters. The molecule has 0 spiro atoms. The molecule has 1 fully saturated rings. The van der Waals surface area contributed by atoms with Gasteiger partial charge in [-0.1, -0.05) is 17.7 Å². The van der Waals surface area contributed by atoms with Gasteiger partial charge in [0.2, 0.25) is 10.0 Å². The van der Waals surface area contributed by atoms with E-state index < -0.39 is 10.0 Å². The lowest BCUT2D eigenvalue weighted by Crippen LogP contribution is -2.50. The van der Waals surface area contributed by atoms with Crippen molar-refractivity contribution in [2.75, 3.05) is 40.4 Å². The van der Waals surface area contributed by atoms with Crippen LogP contribution in [0.25, 0.3) is 0 Å². The number of rotatable bonds is 5. The van der Waals surface area contributed by atoms with E-state index in [1.54, 1.807) is 41.3 Å². The molecule has 0 saturated carbocycles. The molecule has 1 saturated heterocycles. The van der Waals surface area contributed by atoms with E-state index in [2.05, 4.69) is 15.9 Å². The molecule has 9 heteroatoms. The van der Waals surface area contributed by atoms with Gasteiger partial charge in [-0.2, -0.15) is 4.31 Å². The summed E-state index contributed by atoms with van der Waals surface area (Å²) >= 11 is 3.39. The molecule has 0 N–H and O–H groups in total. The molecular weight excluding hydrogens is 460 g/mol. The first-order chi connectivity index (χ1) is 13.8. The first kappa shape index (κ1) is 21.6. The Kier molecular flexibility index (Phi) is 6.50. The van der Waals surface area contributed by atoms with E-state index in [0.717, 1.165) is 5.56 Å². The summed E-state index contributed by atoms with van der Waals surface area (Å²) in [6.07, 6.45) is 0. The molecule has 2 aromatic rings. The van der Waals surface area contributed by atoms with E-state index in [0.29, 0.717) is 34.6 Å². The van der Waals surface area contributed by atoms with E-state index in [1.807, 2.05) is 6.92 Å². The van der Waals surface area contributed by atoms with E-state index in [-0.39, 0.29) is 23.9 Å². The maximum absolute atomic E-state index is 12.9. The number of nitrogens with zero attached hydrogens (tertiary/aromatic N) is 2. The molecule has 7 nitrogen and oxygen atoms in total. The number of carbonyl (C=O) groups is 1. The summed E-state index contributed by atoms with van der Waals surface area (Å²) in [4.78, 5) is 14.9. The average molecular weight is 483 g/mol. The predicted molar refractivity (Wildman–Crippen MR) is 113 cm³/mol. The molecule has 0 radical (unpaired) electrons. The van der Waals surface area contributed by atoms with Crippen molar-refractivity contribution < 1.29 is 22.7 Å². The molecular formula is C20H23BrN2O5S. The Bertz CT molecular complexity index is 975. The first-order valence-electron chi connectivity index (χ1n) is 9.05. The third kappa shape index (κ3) is 4.41. The summed E-state index contributed by atoms with van der Waals surface area (Å²) in [5.74, 6) is 0.794. The van der Waals surface area contributed by atoms with Crippen LogP contribution in [0.5, 0.6) is 11.5 Å². The zero-order chi connectivity index (χ0) is 21.2. The Hall–Kier alpha value is -2.10. The van der Waals surface area contributed by atoms with Crippen LogP contribution in [-0.2, 0) is 10.0 Å². The Morgan fingerprint density at radius 1 is 0.966 bits per heavy atom. The highest BCUT2D eigenvalue weighted by molar-refractivity contribution is 9.10. The number of piperazine rings is 1. The third-order valence-electron chi connectivity index (χ3n) is 4.88. The number of hydrogen-bond acceptors (Lipinski definition) is 5. The summed E-state index contributed by atoms with van der Waals surface area (Å²) in [6.45, 7) is 3.02. The number of amides is 1. The Morgan fingerprint density at radius 2 is 1.48 bits per heavy atom. The van der Waals surface area contributed by atoms with Crippen LogP contribution in [0, 0.1) is 6.92 Å². The highest BCUT2D eigenvalue weighted by Gasteiger charge is 2.31. The maximum Gasteiger partial charge on any atom is 0.254 e. The van der Waals surface area contributed by atoms with Crippen LogP contribution in [0.15, 0.2) is 45.8 Å². The smallest absolute Gasteiger partial charge is 0.254 e. The van der Waals surface area contributed by atoms with E-state index in [4.69, 9.17) is 9.47 Å². The van der Waals surface area contributed by atoms with Crippen LogP contribution in [0.4, 0.5) is 0 Å². The van der Waals surface area contributed by atoms with Gasteiger partial charge in [0.15, 0.2) is 0 Å². The molecule has 1 amide bonds. The number of methoxy groups -OCH3 is 2. The molecule has 2 aromatic carbocycles. The Morgan fingerprint density at radius 3 is 1.97 bits per heavy atom. The first-order valence-corrected chi connectivity index (χ1v) is 11.3. The highest BCUT2D eigenvalue weighted by atomic mass is 79.9. The number of carbonyl (C=O) groups excluding carboxylic acids is 1. The van der Waals surface area contributed by atoms with Crippen LogP contribution in [0.2, 0.25) is 0 Å². The maximum atomic E-state index is 12.9. The molecule has 3 rings (SSSR count). The van der Waals surface area contributed by atoms with Gasteiger partial charge in [-0.3, -0.25) is 4.79 Å². The largest absolute Gasteiger partial charge is 0.495 e. The lowest BCUT2D eigenvalue weighted by Gasteiger charge is -2.34. The molecule has 1 heterocycles. The molecule has 0 atom stereocenters. The van der Waals surface area contributed by atoms with Crippen molar-refractivity contribution in [3.8, 4) is 11.5 Å². The predicted octanol–water partition coefficient (Wildman–Crippen LogP) is 2.92. The molecule has 0 aliphatic carbocycles. The van der Waals surface area contributed by atoms with Crippen molar-refractivity contribution in [1.29, 1.82) is 0 Å². The number of aryl methyl sites for hydroxylation is 1. The van der Waals surface area contributed by atoms with Crippen molar-refractivity contribution in [3.05, 3.63) is 52.0 Å². The van der Waals surface area contributed by atoms with Crippen LogP contribution < -0.4 is 9.47 Å². The van der Waals surface area contributed by atoms with Gasteiger partial charge in [0.25, 0.3) is 5.91 Å². The second-order valence-electron chi connectivity index (χ2n) is 6.70. The second kappa shape index (κ2) is 8.73. The number of hydrogen-bond donors (Lipinski definition) is 0. The fraction of sp³-hybridized carbons (Fsp3) is 0.350. The van der Waals surface area contributed by atoms with Crippen LogP contribution in [0.1, 0.15) is 15.9 Å². The standard InChI is InChI=1S/C20H23BrN2O5S/c1-14-4-6-16(7-5-14)29(25,26)23-10-8-22(9-11-23)20(24)15-12-17(27-2)19(21)18(13-15)28-3/h4-7,12-13H,8-11H2,1-3H3. The zero-order valence-electron chi connectivity index (χ0n) is 16.5. The van der Waals surface area contributed by atoms with Gasteiger partial charge in [-0.15, -0.1) is 0 Å². The quantitative estimate of drug-likeness (QED) is 0.654. The van der Waals surface area contributed by atoms with Crippen molar-refractivity contribution in [1.82, 2.24) is 9.21 Å². The van der Waals surface area contributed by atoms with Gasteiger partial charge in [0, 0.05) is 31.7 Å². The highest BCUT2D eigenvalue weighted by Crippen LogP contribution is 2.36. The van der Waals surface area contributed by atoms with Gasteiger partial charge in [0.05, 0.1) is 19.1 Å². The SMILES string of the molecule is COc1cc(C(=O)N2CCN(S(=O)(=O)c3ccc(C)cc3)CC2)cc(OC)c1Br. The van der Waals surface area contributed by atoms with Gasteiger partial charge >= 0.3 is 0 Å².